The van der Waals surface area contributed by atoms with Crippen LogP contribution in [0.2, 0.25) is 0 Å². The number of halogens is 1. The highest BCUT2D eigenvalue weighted by atomic mass is 79.9. The van der Waals surface area contributed by atoms with Gasteiger partial charge in [-0.3, -0.25) is 0 Å². The number of fused-ring (bicyclic) bond motifs is 1. The average molecular weight is 279 g/mol. The van der Waals surface area contributed by atoms with Crippen molar-refractivity contribution in [2.75, 3.05) is 6.61 Å². The lowest BCUT2D eigenvalue weighted by Crippen LogP contribution is -1.95. The molecule has 0 spiro atoms. The lowest BCUT2D eigenvalue weighted by molar-refractivity contribution is 0.310. The van der Waals surface area contributed by atoms with E-state index in [4.69, 9.17) is 4.74 Å². The molecule has 2 aromatic rings. The maximum atomic E-state index is 5.67. The fourth-order valence-corrected chi connectivity index (χ4v) is 2.00. The van der Waals surface area contributed by atoms with Crippen molar-refractivity contribution >= 4 is 26.7 Å². The van der Waals surface area contributed by atoms with Crippen LogP contribution in [-0.4, -0.2) is 6.61 Å². The molecule has 0 aromatic heterocycles. The molecule has 0 fully saturated rings. The molecule has 0 aliphatic carbocycles. The molecule has 0 atom stereocenters. The minimum Gasteiger partial charge on any atom is -0.494 e. The summed E-state index contributed by atoms with van der Waals surface area (Å²) in [5.74, 6) is 0.961. The van der Waals surface area contributed by atoms with E-state index in [1.807, 2.05) is 6.07 Å². The summed E-state index contributed by atoms with van der Waals surface area (Å²) < 4.78 is 6.78. The van der Waals surface area contributed by atoms with Gasteiger partial charge in [-0.2, -0.15) is 0 Å². The van der Waals surface area contributed by atoms with E-state index in [9.17, 15) is 0 Å². The third-order valence-corrected chi connectivity index (χ3v) is 3.03. The summed E-state index contributed by atoms with van der Waals surface area (Å²) in [7, 11) is 0. The normalized spacial score (nSPS) is 10.6. The predicted octanol–water partition coefficient (Wildman–Crippen LogP) is 4.78. The molecule has 0 bridgehead atoms. The van der Waals surface area contributed by atoms with Crippen molar-refractivity contribution in [2.45, 2.75) is 19.8 Å². The number of hydrogen-bond donors (Lipinski definition) is 0. The van der Waals surface area contributed by atoms with E-state index in [-0.39, 0.29) is 0 Å². The third kappa shape index (κ3) is 2.76. The van der Waals surface area contributed by atoms with E-state index in [0.717, 1.165) is 23.2 Å². The Hall–Kier alpha value is -1.02. The molecule has 0 saturated heterocycles. The molecule has 2 rings (SSSR count). The van der Waals surface area contributed by atoms with Gasteiger partial charge in [0.25, 0.3) is 0 Å². The van der Waals surface area contributed by atoms with Gasteiger partial charge in [0.05, 0.1) is 6.61 Å². The Morgan fingerprint density at radius 1 is 1.06 bits per heavy atom. The Labute approximate surface area is 105 Å². The first-order valence-corrected chi connectivity index (χ1v) is 6.41. The van der Waals surface area contributed by atoms with Crippen molar-refractivity contribution in [1.82, 2.24) is 0 Å². The summed E-state index contributed by atoms with van der Waals surface area (Å²) in [6.45, 7) is 2.97. The van der Waals surface area contributed by atoms with E-state index >= 15 is 0 Å². The molecule has 0 heterocycles. The van der Waals surface area contributed by atoms with Gasteiger partial charge in [0.2, 0.25) is 0 Å². The van der Waals surface area contributed by atoms with Gasteiger partial charge in [-0.05, 0) is 41.5 Å². The van der Waals surface area contributed by atoms with Crippen LogP contribution in [0, 0.1) is 0 Å². The van der Waals surface area contributed by atoms with Crippen LogP contribution in [-0.2, 0) is 0 Å². The Morgan fingerprint density at radius 2 is 1.81 bits per heavy atom. The number of ether oxygens (including phenoxy) is 1. The fraction of sp³-hybridized carbons (Fsp3) is 0.286. The number of unbranched alkanes of at least 4 members (excludes halogenated alkanes) is 1. The Bertz CT molecular complexity index is 479. The molecule has 84 valence electrons. The summed E-state index contributed by atoms with van der Waals surface area (Å²) in [6.07, 6.45) is 2.28. The molecular formula is C14H15BrO. The zero-order chi connectivity index (χ0) is 11.4. The average Bonchev–Trinajstić information content (AvgIpc) is 2.29. The van der Waals surface area contributed by atoms with Gasteiger partial charge < -0.3 is 4.74 Å². The standard InChI is InChI=1S/C14H15BrO/c1-2-3-8-16-14-7-5-11-9-13(15)6-4-12(11)10-14/h4-7,9-10H,2-3,8H2,1H3. The first-order chi connectivity index (χ1) is 7.79. The van der Waals surface area contributed by atoms with E-state index in [1.54, 1.807) is 0 Å². The molecule has 0 aliphatic rings. The first-order valence-electron chi connectivity index (χ1n) is 5.61. The topological polar surface area (TPSA) is 9.23 Å². The van der Waals surface area contributed by atoms with Gasteiger partial charge >= 0.3 is 0 Å². The number of hydrogen-bond acceptors (Lipinski definition) is 1. The molecular weight excluding hydrogens is 264 g/mol. The van der Waals surface area contributed by atoms with Crippen LogP contribution >= 0.6 is 15.9 Å². The molecule has 16 heavy (non-hydrogen) atoms. The van der Waals surface area contributed by atoms with E-state index in [0.29, 0.717) is 0 Å². The van der Waals surface area contributed by atoms with Crippen LogP contribution in [0.1, 0.15) is 19.8 Å². The van der Waals surface area contributed by atoms with Crippen LogP contribution < -0.4 is 4.74 Å². The number of benzene rings is 2. The quantitative estimate of drug-likeness (QED) is 0.732. The van der Waals surface area contributed by atoms with E-state index < -0.39 is 0 Å². The highest BCUT2D eigenvalue weighted by Gasteiger charge is 1.98. The highest BCUT2D eigenvalue weighted by Crippen LogP contribution is 2.24. The van der Waals surface area contributed by atoms with Gasteiger partial charge in [0.15, 0.2) is 0 Å². The monoisotopic (exact) mass is 278 g/mol. The molecule has 2 heteroatoms. The maximum Gasteiger partial charge on any atom is 0.119 e. The fourth-order valence-electron chi connectivity index (χ4n) is 1.62. The highest BCUT2D eigenvalue weighted by molar-refractivity contribution is 9.10. The zero-order valence-corrected chi connectivity index (χ0v) is 11.0. The molecule has 0 unspecified atom stereocenters. The van der Waals surface area contributed by atoms with Gasteiger partial charge in [0.1, 0.15) is 5.75 Å². The predicted molar refractivity (Wildman–Crippen MR) is 72.1 cm³/mol. The van der Waals surface area contributed by atoms with Crippen LogP contribution in [0.4, 0.5) is 0 Å². The van der Waals surface area contributed by atoms with Crippen LogP contribution in [0.3, 0.4) is 0 Å². The third-order valence-electron chi connectivity index (χ3n) is 2.54. The minimum atomic E-state index is 0.804. The van der Waals surface area contributed by atoms with Crippen LogP contribution in [0.25, 0.3) is 10.8 Å². The molecule has 2 aromatic carbocycles. The Kier molecular flexibility index (Phi) is 3.83. The second-order valence-electron chi connectivity index (χ2n) is 3.86. The lowest BCUT2D eigenvalue weighted by atomic mass is 10.1. The van der Waals surface area contributed by atoms with Crippen LogP contribution in [0.15, 0.2) is 40.9 Å². The molecule has 0 amide bonds. The van der Waals surface area contributed by atoms with Gasteiger partial charge in [-0.25, -0.2) is 0 Å². The molecule has 0 saturated carbocycles. The zero-order valence-electron chi connectivity index (χ0n) is 9.37. The van der Waals surface area contributed by atoms with E-state index in [1.165, 1.54) is 17.2 Å². The van der Waals surface area contributed by atoms with Gasteiger partial charge in [0, 0.05) is 4.47 Å². The summed E-state index contributed by atoms with van der Waals surface area (Å²) in [5.41, 5.74) is 0. The molecule has 0 N–H and O–H groups in total. The van der Waals surface area contributed by atoms with Crippen molar-refractivity contribution < 1.29 is 4.74 Å². The summed E-state index contributed by atoms with van der Waals surface area (Å²) in [6, 6.07) is 12.5. The second-order valence-corrected chi connectivity index (χ2v) is 4.77. The largest absolute Gasteiger partial charge is 0.494 e. The van der Waals surface area contributed by atoms with Crippen LogP contribution in [0.5, 0.6) is 5.75 Å². The Morgan fingerprint density at radius 3 is 2.62 bits per heavy atom. The molecule has 1 nitrogen and oxygen atoms in total. The van der Waals surface area contributed by atoms with Crippen molar-refractivity contribution in [1.29, 1.82) is 0 Å². The van der Waals surface area contributed by atoms with Crippen molar-refractivity contribution in [2.24, 2.45) is 0 Å². The summed E-state index contributed by atoms with van der Waals surface area (Å²) in [4.78, 5) is 0. The number of rotatable bonds is 4. The van der Waals surface area contributed by atoms with Crippen molar-refractivity contribution in [3.05, 3.63) is 40.9 Å². The molecule has 0 radical (unpaired) electrons. The second kappa shape index (κ2) is 5.35. The van der Waals surface area contributed by atoms with Crippen molar-refractivity contribution in [3.8, 4) is 5.75 Å². The summed E-state index contributed by atoms with van der Waals surface area (Å²) in [5, 5.41) is 2.45. The minimum absolute atomic E-state index is 0.804. The smallest absolute Gasteiger partial charge is 0.119 e. The first kappa shape index (κ1) is 11.5. The Balaban J connectivity index is 2.20. The van der Waals surface area contributed by atoms with Gasteiger partial charge in [-0.1, -0.05) is 41.4 Å². The molecule has 0 aliphatic heterocycles. The maximum absolute atomic E-state index is 5.67. The van der Waals surface area contributed by atoms with E-state index in [2.05, 4.69) is 53.2 Å². The van der Waals surface area contributed by atoms with Crippen molar-refractivity contribution in [3.63, 3.8) is 0 Å². The van der Waals surface area contributed by atoms with Gasteiger partial charge in [-0.15, -0.1) is 0 Å². The lowest BCUT2D eigenvalue weighted by Gasteiger charge is -2.06. The SMILES string of the molecule is CCCCOc1ccc2cc(Br)ccc2c1. The summed E-state index contributed by atoms with van der Waals surface area (Å²) >= 11 is 3.47.